The molecule has 1 amide bonds. The highest BCUT2D eigenvalue weighted by molar-refractivity contribution is 6.42. The predicted molar refractivity (Wildman–Crippen MR) is 131 cm³/mol. The molecule has 0 saturated heterocycles. The molecule has 0 unspecified atom stereocenters. The van der Waals surface area contributed by atoms with E-state index < -0.39 is 0 Å². The van der Waals surface area contributed by atoms with Gasteiger partial charge in [0.25, 0.3) is 5.91 Å². The molecule has 0 aliphatic rings. The van der Waals surface area contributed by atoms with Crippen molar-refractivity contribution in [1.82, 2.24) is 20.0 Å². The highest BCUT2D eigenvalue weighted by atomic mass is 35.5. The van der Waals surface area contributed by atoms with Crippen molar-refractivity contribution in [3.8, 4) is 22.9 Å². The zero-order chi connectivity index (χ0) is 23.5. The number of hydrogen-bond donors (Lipinski definition) is 1. The molecular formula is C25H17Cl2N5O2. The molecule has 5 aromatic rings. The lowest BCUT2D eigenvalue weighted by Crippen LogP contribution is -2.16. The Kier molecular flexibility index (Phi) is 6.12. The SMILES string of the molecule is O=C(Nc1ccnn1Cc1cccc(Cl)c1Cl)c1ccc(-c2nnc(-c3ccccc3)o2)cc1. The van der Waals surface area contributed by atoms with Crippen LogP contribution in [0.4, 0.5) is 5.82 Å². The molecule has 0 atom stereocenters. The molecule has 0 spiro atoms. The lowest BCUT2D eigenvalue weighted by molar-refractivity contribution is 0.102. The van der Waals surface area contributed by atoms with Crippen LogP contribution in [0.5, 0.6) is 0 Å². The number of nitrogens with zero attached hydrogens (tertiary/aromatic N) is 4. The minimum Gasteiger partial charge on any atom is -0.416 e. The third-order valence-corrected chi connectivity index (χ3v) is 6.01. The van der Waals surface area contributed by atoms with E-state index in [1.165, 1.54) is 0 Å². The smallest absolute Gasteiger partial charge is 0.256 e. The molecule has 0 fully saturated rings. The van der Waals surface area contributed by atoms with Crippen LogP contribution in [0, 0.1) is 0 Å². The molecule has 0 bridgehead atoms. The Hall–Kier alpha value is -3.94. The van der Waals surface area contributed by atoms with Crippen LogP contribution < -0.4 is 5.32 Å². The number of carbonyl (C=O) groups excluding carboxylic acids is 1. The van der Waals surface area contributed by atoms with Crippen molar-refractivity contribution in [3.05, 3.63) is 106 Å². The zero-order valence-electron chi connectivity index (χ0n) is 17.7. The van der Waals surface area contributed by atoms with E-state index in [1.807, 2.05) is 42.5 Å². The number of halogens is 2. The van der Waals surface area contributed by atoms with Crippen molar-refractivity contribution < 1.29 is 9.21 Å². The lowest BCUT2D eigenvalue weighted by atomic mass is 10.1. The Morgan fingerprint density at radius 2 is 1.56 bits per heavy atom. The summed E-state index contributed by atoms with van der Waals surface area (Å²) in [5.74, 6) is 1.07. The molecule has 0 aliphatic heterocycles. The van der Waals surface area contributed by atoms with Crippen LogP contribution in [-0.2, 0) is 6.54 Å². The van der Waals surface area contributed by atoms with Gasteiger partial charge in [-0.3, -0.25) is 4.79 Å². The number of nitrogens with one attached hydrogen (secondary N) is 1. The molecule has 7 nitrogen and oxygen atoms in total. The van der Waals surface area contributed by atoms with Gasteiger partial charge < -0.3 is 9.73 Å². The summed E-state index contributed by atoms with van der Waals surface area (Å²) in [6, 6.07) is 23.6. The summed E-state index contributed by atoms with van der Waals surface area (Å²) in [6.45, 7) is 0.363. The maximum absolute atomic E-state index is 12.8. The molecule has 0 radical (unpaired) electrons. The molecular weight excluding hydrogens is 473 g/mol. The number of hydrogen-bond acceptors (Lipinski definition) is 5. The second-order valence-electron chi connectivity index (χ2n) is 7.40. The molecule has 168 valence electrons. The fourth-order valence-corrected chi connectivity index (χ4v) is 3.77. The van der Waals surface area contributed by atoms with Crippen molar-refractivity contribution in [3.63, 3.8) is 0 Å². The van der Waals surface area contributed by atoms with E-state index in [2.05, 4.69) is 20.6 Å². The van der Waals surface area contributed by atoms with Gasteiger partial charge in [-0.15, -0.1) is 10.2 Å². The standard InChI is InChI=1S/C25H17Cl2N5O2/c26-20-8-4-7-19(22(20)27)15-32-21(13-14-28-32)29-23(33)16-9-11-18(12-10-16)25-31-30-24(34-25)17-5-2-1-3-6-17/h1-14H,15H2,(H,29,33). The van der Waals surface area contributed by atoms with Gasteiger partial charge in [0, 0.05) is 22.8 Å². The van der Waals surface area contributed by atoms with Gasteiger partial charge in [-0.25, -0.2) is 4.68 Å². The first kappa shape index (κ1) is 21.9. The van der Waals surface area contributed by atoms with Gasteiger partial charge in [-0.1, -0.05) is 53.5 Å². The average molecular weight is 490 g/mol. The molecule has 2 aromatic heterocycles. The number of amides is 1. The highest BCUT2D eigenvalue weighted by Gasteiger charge is 2.14. The molecule has 1 N–H and O–H groups in total. The van der Waals surface area contributed by atoms with Crippen LogP contribution in [0.2, 0.25) is 10.0 Å². The topological polar surface area (TPSA) is 85.8 Å². The van der Waals surface area contributed by atoms with E-state index in [1.54, 1.807) is 47.3 Å². The first-order valence-electron chi connectivity index (χ1n) is 10.3. The molecule has 3 aromatic carbocycles. The first-order valence-corrected chi connectivity index (χ1v) is 11.1. The normalized spacial score (nSPS) is 10.9. The van der Waals surface area contributed by atoms with Crippen molar-refractivity contribution in [2.45, 2.75) is 6.54 Å². The van der Waals surface area contributed by atoms with Gasteiger partial charge in [-0.05, 0) is 48.0 Å². The lowest BCUT2D eigenvalue weighted by Gasteiger charge is -2.11. The Morgan fingerprint density at radius 3 is 2.29 bits per heavy atom. The predicted octanol–water partition coefficient (Wildman–Crippen LogP) is 6.21. The second-order valence-corrected chi connectivity index (χ2v) is 8.18. The molecule has 2 heterocycles. The van der Waals surface area contributed by atoms with E-state index in [0.717, 1.165) is 11.1 Å². The van der Waals surface area contributed by atoms with Crippen molar-refractivity contribution in [2.75, 3.05) is 5.32 Å². The van der Waals surface area contributed by atoms with E-state index >= 15 is 0 Å². The second kappa shape index (κ2) is 9.51. The molecule has 0 aliphatic carbocycles. The van der Waals surface area contributed by atoms with Gasteiger partial charge in [0.2, 0.25) is 11.8 Å². The molecule has 34 heavy (non-hydrogen) atoms. The van der Waals surface area contributed by atoms with Gasteiger partial charge in [-0.2, -0.15) is 5.10 Å². The number of benzene rings is 3. The maximum Gasteiger partial charge on any atom is 0.256 e. The molecule has 0 saturated carbocycles. The van der Waals surface area contributed by atoms with Crippen LogP contribution >= 0.6 is 23.2 Å². The van der Waals surface area contributed by atoms with E-state index in [9.17, 15) is 4.79 Å². The Balaban J connectivity index is 1.29. The fourth-order valence-electron chi connectivity index (χ4n) is 3.39. The van der Waals surface area contributed by atoms with Gasteiger partial charge >= 0.3 is 0 Å². The van der Waals surface area contributed by atoms with Crippen molar-refractivity contribution >= 4 is 34.9 Å². The Bertz CT molecular complexity index is 1450. The third-order valence-electron chi connectivity index (χ3n) is 5.15. The average Bonchev–Trinajstić information content (AvgIpc) is 3.53. The van der Waals surface area contributed by atoms with E-state index in [0.29, 0.717) is 45.3 Å². The molecule has 9 heteroatoms. The van der Waals surface area contributed by atoms with Crippen LogP contribution in [0.1, 0.15) is 15.9 Å². The monoisotopic (exact) mass is 489 g/mol. The minimum absolute atomic E-state index is 0.277. The summed E-state index contributed by atoms with van der Waals surface area (Å²) in [5, 5.41) is 16.3. The van der Waals surface area contributed by atoms with Crippen molar-refractivity contribution in [2.24, 2.45) is 0 Å². The van der Waals surface area contributed by atoms with E-state index in [4.69, 9.17) is 27.6 Å². The highest BCUT2D eigenvalue weighted by Crippen LogP contribution is 2.27. The summed E-state index contributed by atoms with van der Waals surface area (Å²) in [6.07, 6.45) is 1.61. The zero-order valence-corrected chi connectivity index (χ0v) is 19.2. The number of aromatic nitrogens is 4. The maximum atomic E-state index is 12.8. The molecule has 5 rings (SSSR count). The largest absolute Gasteiger partial charge is 0.416 e. The van der Waals surface area contributed by atoms with Crippen LogP contribution in [0.3, 0.4) is 0 Å². The third kappa shape index (κ3) is 4.57. The summed E-state index contributed by atoms with van der Waals surface area (Å²) < 4.78 is 7.42. The van der Waals surface area contributed by atoms with E-state index in [-0.39, 0.29) is 5.91 Å². The van der Waals surface area contributed by atoms with Gasteiger partial charge in [0.05, 0.1) is 22.8 Å². The summed E-state index contributed by atoms with van der Waals surface area (Å²) in [7, 11) is 0. The van der Waals surface area contributed by atoms with Crippen LogP contribution in [0.25, 0.3) is 22.9 Å². The van der Waals surface area contributed by atoms with Crippen LogP contribution in [0.15, 0.2) is 89.5 Å². The van der Waals surface area contributed by atoms with Gasteiger partial charge in [0.1, 0.15) is 5.82 Å². The quantitative estimate of drug-likeness (QED) is 0.306. The minimum atomic E-state index is -0.277. The number of carbonyl (C=O) groups is 1. The summed E-state index contributed by atoms with van der Waals surface area (Å²) >= 11 is 12.4. The fraction of sp³-hybridized carbons (Fsp3) is 0.0400. The Labute approximate surface area is 205 Å². The first-order chi connectivity index (χ1) is 16.6. The Morgan fingerprint density at radius 1 is 0.853 bits per heavy atom. The number of rotatable bonds is 6. The van der Waals surface area contributed by atoms with Crippen molar-refractivity contribution in [1.29, 1.82) is 0 Å². The summed E-state index contributed by atoms with van der Waals surface area (Å²) in [5.41, 5.74) is 2.83. The van der Waals surface area contributed by atoms with Gasteiger partial charge in [0.15, 0.2) is 0 Å². The van der Waals surface area contributed by atoms with Crippen LogP contribution in [-0.4, -0.2) is 25.9 Å². The summed E-state index contributed by atoms with van der Waals surface area (Å²) in [4.78, 5) is 12.8. The number of anilines is 1.